The number of ether oxygens (including phenoxy) is 2. The average molecular weight is 333 g/mol. The van der Waals surface area contributed by atoms with Gasteiger partial charge in [-0.15, -0.1) is 0 Å². The Labute approximate surface area is 141 Å². The van der Waals surface area contributed by atoms with Gasteiger partial charge in [0.2, 0.25) is 6.79 Å². The summed E-state index contributed by atoms with van der Waals surface area (Å²) >= 11 is 0. The first-order valence-corrected chi connectivity index (χ1v) is 7.69. The van der Waals surface area contributed by atoms with E-state index >= 15 is 0 Å². The number of carbonyl (C=O) groups excluding carboxylic acids is 2. The maximum atomic E-state index is 11.7. The van der Waals surface area contributed by atoms with Crippen LogP contribution >= 0.6 is 0 Å². The number of fused-ring (bicyclic) bond motifs is 2. The molecule has 5 rings (SSSR count). The van der Waals surface area contributed by atoms with Gasteiger partial charge in [0.25, 0.3) is 11.8 Å². The van der Waals surface area contributed by atoms with E-state index in [4.69, 9.17) is 13.9 Å². The summed E-state index contributed by atoms with van der Waals surface area (Å²) in [5, 5.41) is 0.914. The third-order valence-corrected chi connectivity index (χ3v) is 4.23. The molecule has 2 amide bonds. The maximum Gasteiger partial charge on any atom is 0.258 e. The third-order valence-electron chi connectivity index (χ3n) is 4.23. The number of carbonyl (C=O) groups is 2. The monoisotopic (exact) mass is 333 g/mol. The van der Waals surface area contributed by atoms with Crippen LogP contribution in [-0.2, 0) is 9.59 Å². The number of rotatable bonds is 2. The summed E-state index contributed by atoms with van der Waals surface area (Å²) < 4.78 is 16.6. The van der Waals surface area contributed by atoms with Crippen LogP contribution in [0.15, 0.2) is 59.0 Å². The lowest BCUT2D eigenvalue weighted by molar-refractivity contribution is -0.119. The van der Waals surface area contributed by atoms with Crippen LogP contribution in [0.5, 0.6) is 11.5 Å². The number of furan rings is 1. The number of nitrogens with zero attached hydrogens (tertiary/aromatic N) is 1. The molecular weight excluding hydrogens is 322 g/mol. The zero-order valence-electron chi connectivity index (χ0n) is 12.9. The second kappa shape index (κ2) is 4.98. The summed E-state index contributed by atoms with van der Waals surface area (Å²) in [5.41, 5.74) is 2.08. The van der Waals surface area contributed by atoms with Crippen molar-refractivity contribution in [3.05, 3.63) is 54.6 Å². The predicted octanol–water partition coefficient (Wildman–Crippen LogP) is 3.26. The molecule has 0 radical (unpaired) electrons. The number of imide groups is 1. The molecule has 2 aliphatic rings. The van der Waals surface area contributed by atoms with E-state index in [9.17, 15) is 9.59 Å². The molecule has 0 unspecified atom stereocenters. The molecule has 6 nitrogen and oxygen atoms in total. The van der Waals surface area contributed by atoms with Crippen LogP contribution in [0.2, 0.25) is 0 Å². The largest absolute Gasteiger partial charge is 0.456 e. The van der Waals surface area contributed by atoms with Gasteiger partial charge < -0.3 is 13.9 Å². The molecular formula is C19H11NO5. The van der Waals surface area contributed by atoms with Gasteiger partial charge in [-0.1, -0.05) is 0 Å². The van der Waals surface area contributed by atoms with Crippen LogP contribution in [0.1, 0.15) is 0 Å². The van der Waals surface area contributed by atoms with Gasteiger partial charge in [-0.2, -0.15) is 0 Å². The molecule has 0 bridgehead atoms. The van der Waals surface area contributed by atoms with Crippen molar-refractivity contribution in [2.75, 3.05) is 11.7 Å². The number of anilines is 1. The molecule has 0 aliphatic carbocycles. The Hall–Kier alpha value is -3.54. The van der Waals surface area contributed by atoms with Gasteiger partial charge in [-0.25, -0.2) is 4.90 Å². The van der Waals surface area contributed by atoms with Crippen molar-refractivity contribution in [2.45, 2.75) is 0 Å². The smallest absolute Gasteiger partial charge is 0.258 e. The lowest BCUT2D eigenvalue weighted by Gasteiger charge is -2.13. The zero-order chi connectivity index (χ0) is 17.0. The zero-order valence-corrected chi connectivity index (χ0v) is 12.9. The fourth-order valence-electron chi connectivity index (χ4n) is 3.00. The molecule has 3 aromatic rings. The van der Waals surface area contributed by atoms with Gasteiger partial charge in [0.15, 0.2) is 11.5 Å². The van der Waals surface area contributed by atoms with E-state index in [1.807, 2.05) is 30.3 Å². The molecule has 25 heavy (non-hydrogen) atoms. The second-order valence-corrected chi connectivity index (χ2v) is 5.75. The average Bonchev–Trinajstić information content (AvgIpc) is 3.31. The van der Waals surface area contributed by atoms with Gasteiger partial charge in [0.05, 0.1) is 5.69 Å². The Kier molecular flexibility index (Phi) is 2.76. The van der Waals surface area contributed by atoms with Crippen LogP contribution in [0.4, 0.5) is 5.69 Å². The van der Waals surface area contributed by atoms with Crippen molar-refractivity contribution >= 4 is 28.5 Å². The lowest BCUT2D eigenvalue weighted by atomic mass is 10.1. The van der Waals surface area contributed by atoms with E-state index in [0.717, 1.165) is 15.8 Å². The fourth-order valence-corrected chi connectivity index (χ4v) is 3.00. The van der Waals surface area contributed by atoms with Crippen LogP contribution in [0, 0.1) is 0 Å². The fraction of sp³-hybridized carbons (Fsp3) is 0.0526. The number of hydrogen-bond acceptors (Lipinski definition) is 5. The Balaban J connectivity index is 1.50. The highest BCUT2D eigenvalue weighted by Gasteiger charge is 2.25. The van der Waals surface area contributed by atoms with E-state index < -0.39 is 0 Å². The molecule has 1 aromatic heterocycles. The van der Waals surface area contributed by atoms with E-state index in [-0.39, 0.29) is 18.6 Å². The highest BCUT2D eigenvalue weighted by molar-refractivity contribution is 6.28. The van der Waals surface area contributed by atoms with Gasteiger partial charge in [0.1, 0.15) is 11.3 Å². The number of hydrogen-bond donors (Lipinski definition) is 0. The van der Waals surface area contributed by atoms with Gasteiger partial charge in [0, 0.05) is 29.2 Å². The minimum Gasteiger partial charge on any atom is -0.456 e. The molecule has 0 saturated carbocycles. The highest BCUT2D eigenvalue weighted by atomic mass is 16.7. The van der Waals surface area contributed by atoms with Gasteiger partial charge in [-0.3, -0.25) is 9.59 Å². The molecule has 2 aliphatic heterocycles. The molecule has 0 saturated heterocycles. The van der Waals surface area contributed by atoms with E-state index in [2.05, 4.69) is 0 Å². The Morgan fingerprint density at radius 2 is 1.52 bits per heavy atom. The standard InChI is InChI=1S/C19H11NO5/c21-18-5-6-19(22)20(18)13-3-1-11(2-4-13)14-7-12-8-16-17(24-10-23-16)9-15(12)25-14/h1-9H,10H2. The summed E-state index contributed by atoms with van der Waals surface area (Å²) in [6.45, 7) is 0.221. The summed E-state index contributed by atoms with van der Waals surface area (Å²) in [6, 6.07) is 12.7. The molecule has 0 spiro atoms. The first-order chi connectivity index (χ1) is 12.2. The van der Waals surface area contributed by atoms with Gasteiger partial charge >= 0.3 is 0 Å². The molecule has 0 N–H and O–H groups in total. The Bertz CT molecular complexity index is 1000. The van der Waals surface area contributed by atoms with Gasteiger partial charge in [-0.05, 0) is 36.4 Å². The first kappa shape index (κ1) is 13.9. The van der Waals surface area contributed by atoms with Crippen molar-refractivity contribution in [1.29, 1.82) is 0 Å². The van der Waals surface area contributed by atoms with Crippen LogP contribution in [0.3, 0.4) is 0 Å². The quantitative estimate of drug-likeness (QED) is 0.673. The topological polar surface area (TPSA) is 69.0 Å². The first-order valence-electron chi connectivity index (χ1n) is 7.69. The normalized spacial score (nSPS) is 15.6. The lowest BCUT2D eigenvalue weighted by Crippen LogP contribution is -2.29. The van der Waals surface area contributed by atoms with Crippen LogP contribution < -0.4 is 14.4 Å². The minimum atomic E-state index is -0.337. The van der Waals surface area contributed by atoms with E-state index in [1.54, 1.807) is 12.1 Å². The number of amides is 2. The van der Waals surface area contributed by atoms with Crippen LogP contribution in [-0.4, -0.2) is 18.6 Å². The summed E-state index contributed by atoms with van der Waals surface area (Å²) in [6.07, 6.45) is 2.53. The van der Waals surface area contributed by atoms with Crippen LogP contribution in [0.25, 0.3) is 22.3 Å². The molecule has 122 valence electrons. The molecule has 2 aromatic carbocycles. The highest BCUT2D eigenvalue weighted by Crippen LogP contribution is 2.39. The van der Waals surface area contributed by atoms with Crippen molar-refractivity contribution in [2.24, 2.45) is 0 Å². The Morgan fingerprint density at radius 1 is 0.840 bits per heavy atom. The second-order valence-electron chi connectivity index (χ2n) is 5.75. The minimum absolute atomic E-state index is 0.221. The summed E-state index contributed by atoms with van der Waals surface area (Å²) in [7, 11) is 0. The Morgan fingerprint density at radius 3 is 2.24 bits per heavy atom. The molecule has 6 heteroatoms. The maximum absolute atomic E-state index is 11.7. The molecule has 3 heterocycles. The third kappa shape index (κ3) is 2.11. The van der Waals surface area contributed by atoms with Crippen molar-refractivity contribution in [3.63, 3.8) is 0 Å². The molecule has 0 atom stereocenters. The summed E-state index contributed by atoms with van der Waals surface area (Å²) in [5.74, 6) is 1.38. The number of benzene rings is 2. The molecule has 0 fully saturated rings. The summed E-state index contributed by atoms with van der Waals surface area (Å²) in [4.78, 5) is 24.6. The predicted molar refractivity (Wildman–Crippen MR) is 89.4 cm³/mol. The SMILES string of the molecule is O=C1C=CC(=O)N1c1ccc(-c2cc3cc4c(cc3o2)OCO4)cc1. The van der Waals surface area contributed by atoms with E-state index in [1.165, 1.54) is 12.2 Å². The van der Waals surface area contributed by atoms with Crippen molar-refractivity contribution in [3.8, 4) is 22.8 Å². The van der Waals surface area contributed by atoms with Crippen molar-refractivity contribution in [1.82, 2.24) is 0 Å². The van der Waals surface area contributed by atoms with Crippen molar-refractivity contribution < 1.29 is 23.5 Å². The van der Waals surface area contributed by atoms with E-state index in [0.29, 0.717) is 28.5 Å².